The van der Waals surface area contributed by atoms with Crippen LogP contribution in [0.25, 0.3) is 0 Å². The smallest absolute Gasteiger partial charge is 0.251 e. The van der Waals surface area contributed by atoms with Crippen molar-refractivity contribution >= 4 is 34.8 Å². The molecule has 2 amide bonds. The largest absolute Gasteiger partial charge is 0.497 e. The average molecular weight is 383 g/mol. The molecular weight excluding hydrogens is 362 g/mol. The first-order chi connectivity index (χ1) is 13.0. The molecule has 0 saturated carbocycles. The van der Waals surface area contributed by atoms with Gasteiger partial charge in [-0.3, -0.25) is 14.5 Å². The summed E-state index contributed by atoms with van der Waals surface area (Å²) in [7, 11) is 3.25. The van der Waals surface area contributed by atoms with Crippen LogP contribution in [-0.2, 0) is 16.1 Å². The monoisotopic (exact) mass is 383 g/mol. The number of amides is 2. The van der Waals surface area contributed by atoms with E-state index in [0.717, 1.165) is 11.3 Å². The molecule has 6 nitrogen and oxygen atoms in total. The molecule has 0 aliphatic carbocycles. The average Bonchev–Trinajstić information content (AvgIpc) is 2.87. The molecule has 0 bridgehead atoms. The minimum Gasteiger partial charge on any atom is -0.497 e. The Balaban J connectivity index is 1.73. The van der Waals surface area contributed by atoms with Gasteiger partial charge in [0.15, 0.2) is 5.11 Å². The van der Waals surface area contributed by atoms with Gasteiger partial charge in [-0.1, -0.05) is 30.3 Å². The zero-order chi connectivity index (χ0) is 19.4. The molecule has 140 valence electrons. The first kappa shape index (κ1) is 18.8. The van der Waals surface area contributed by atoms with E-state index in [4.69, 9.17) is 17.0 Å². The minimum atomic E-state index is -0.617. The van der Waals surface area contributed by atoms with Gasteiger partial charge in [0.2, 0.25) is 5.91 Å². The summed E-state index contributed by atoms with van der Waals surface area (Å²) >= 11 is 5.42. The molecule has 3 rings (SSSR count). The van der Waals surface area contributed by atoms with Crippen LogP contribution >= 0.6 is 12.2 Å². The van der Waals surface area contributed by atoms with Gasteiger partial charge in [0.1, 0.15) is 11.8 Å². The summed E-state index contributed by atoms with van der Waals surface area (Å²) in [6, 6.07) is 16.1. The van der Waals surface area contributed by atoms with Crippen molar-refractivity contribution in [1.29, 1.82) is 0 Å². The van der Waals surface area contributed by atoms with Gasteiger partial charge in [0.05, 0.1) is 13.5 Å². The zero-order valence-electron chi connectivity index (χ0n) is 15.2. The minimum absolute atomic E-state index is 0.0361. The van der Waals surface area contributed by atoms with Crippen LogP contribution in [0, 0.1) is 0 Å². The Morgan fingerprint density at radius 2 is 1.81 bits per heavy atom. The highest BCUT2D eigenvalue weighted by Crippen LogP contribution is 2.23. The van der Waals surface area contributed by atoms with Gasteiger partial charge in [-0.05, 0) is 42.0 Å². The van der Waals surface area contributed by atoms with Crippen molar-refractivity contribution in [3.63, 3.8) is 0 Å². The summed E-state index contributed by atoms with van der Waals surface area (Å²) in [4.78, 5) is 28.3. The van der Waals surface area contributed by atoms with Gasteiger partial charge in [0, 0.05) is 19.3 Å². The van der Waals surface area contributed by atoms with Crippen molar-refractivity contribution in [2.45, 2.75) is 19.0 Å². The van der Waals surface area contributed by atoms with Crippen molar-refractivity contribution in [3.05, 3.63) is 60.2 Å². The molecule has 0 aromatic heterocycles. The van der Waals surface area contributed by atoms with Crippen molar-refractivity contribution in [3.8, 4) is 5.75 Å². The predicted octanol–water partition coefficient (Wildman–Crippen LogP) is 2.65. The van der Waals surface area contributed by atoms with Crippen LogP contribution in [0.1, 0.15) is 12.0 Å². The van der Waals surface area contributed by atoms with E-state index in [1.165, 1.54) is 4.90 Å². The number of para-hydroxylation sites is 1. The highest BCUT2D eigenvalue weighted by molar-refractivity contribution is 7.80. The first-order valence-electron chi connectivity index (χ1n) is 8.55. The zero-order valence-corrected chi connectivity index (χ0v) is 16.0. The van der Waals surface area contributed by atoms with Crippen molar-refractivity contribution in [2.75, 3.05) is 19.5 Å². The topological polar surface area (TPSA) is 61.9 Å². The SMILES string of the molecule is COc1ccc(CN2C(=S)N(C)C(=O)[C@H]2CC(=O)Nc2ccccc2)cc1. The molecule has 27 heavy (non-hydrogen) atoms. The van der Waals surface area contributed by atoms with Crippen LogP contribution in [0.5, 0.6) is 5.75 Å². The molecule has 0 spiro atoms. The molecule has 0 unspecified atom stereocenters. The number of hydrogen-bond donors (Lipinski definition) is 1. The molecule has 1 saturated heterocycles. The van der Waals surface area contributed by atoms with E-state index in [1.54, 1.807) is 31.2 Å². The molecule has 1 aliphatic heterocycles. The molecular formula is C20H21N3O3S. The summed E-state index contributed by atoms with van der Waals surface area (Å²) < 4.78 is 5.17. The van der Waals surface area contributed by atoms with E-state index in [9.17, 15) is 9.59 Å². The van der Waals surface area contributed by atoms with Gasteiger partial charge in [-0.2, -0.15) is 0 Å². The molecule has 7 heteroatoms. The maximum absolute atomic E-state index is 12.6. The molecule has 2 aromatic rings. The Morgan fingerprint density at radius 3 is 2.44 bits per heavy atom. The number of rotatable bonds is 6. The number of hydrogen-bond acceptors (Lipinski definition) is 4. The Hall–Kier alpha value is -2.93. The van der Waals surface area contributed by atoms with E-state index in [1.807, 2.05) is 42.5 Å². The fourth-order valence-corrected chi connectivity index (χ4v) is 3.27. The van der Waals surface area contributed by atoms with Crippen LogP contribution in [-0.4, -0.2) is 46.9 Å². The Morgan fingerprint density at radius 1 is 1.15 bits per heavy atom. The van der Waals surface area contributed by atoms with Crippen LogP contribution in [0.2, 0.25) is 0 Å². The first-order valence-corrected chi connectivity index (χ1v) is 8.96. The van der Waals surface area contributed by atoms with E-state index < -0.39 is 6.04 Å². The number of ether oxygens (including phenoxy) is 1. The van der Waals surface area contributed by atoms with Crippen molar-refractivity contribution in [2.24, 2.45) is 0 Å². The molecule has 1 fully saturated rings. The second kappa shape index (κ2) is 8.18. The van der Waals surface area contributed by atoms with Gasteiger partial charge < -0.3 is 15.0 Å². The van der Waals surface area contributed by atoms with Gasteiger partial charge in [-0.25, -0.2) is 0 Å². The molecule has 0 radical (unpaired) electrons. The van der Waals surface area contributed by atoms with Crippen LogP contribution in [0.4, 0.5) is 5.69 Å². The lowest BCUT2D eigenvalue weighted by atomic mass is 10.1. The molecule has 2 aromatic carbocycles. The fraction of sp³-hybridized carbons (Fsp3) is 0.250. The third kappa shape index (κ3) is 4.25. The number of carbonyl (C=O) groups excluding carboxylic acids is 2. The number of likely N-dealkylation sites (N-methyl/N-ethyl adjacent to an activating group) is 1. The number of anilines is 1. The van der Waals surface area contributed by atoms with E-state index in [0.29, 0.717) is 17.3 Å². The maximum Gasteiger partial charge on any atom is 0.251 e. The highest BCUT2D eigenvalue weighted by atomic mass is 32.1. The Bertz CT molecular complexity index is 839. The standard InChI is InChI=1S/C20H21N3O3S/c1-22-19(25)17(12-18(24)21-15-6-4-3-5-7-15)23(20(22)27)13-14-8-10-16(26-2)11-9-14/h3-11,17H,12-13H2,1-2H3,(H,21,24)/t17-/m1/s1. The lowest BCUT2D eigenvalue weighted by Gasteiger charge is -2.23. The van der Waals surface area contributed by atoms with E-state index in [-0.39, 0.29) is 18.2 Å². The Kier molecular flexibility index (Phi) is 5.71. The highest BCUT2D eigenvalue weighted by Gasteiger charge is 2.41. The second-order valence-corrected chi connectivity index (χ2v) is 6.66. The van der Waals surface area contributed by atoms with Gasteiger partial charge >= 0.3 is 0 Å². The lowest BCUT2D eigenvalue weighted by molar-refractivity contribution is -0.130. The number of nitrogens with zero attached hydrogens (tertiary/aromatic N) is 2. The number of methoxy groups -OCH3 is 1. The summed E-state index contributed by atoms with van der Waals surface area (Å²) in [5.41, 5.74) is 1.68. The summed E-state index contributed by atoms with van der Waals surface area (Å²) in [6.45, 7) is 0.447. The molecule has 1 aliphatic rings. The van der Waals surface area contributed by atoms with Crippen molar-refractivity contribution < 1.29 is 14.3 Å². The summed E-state index contributed by atoms with van der Waals surface area (Å²) in [5.74, 6) is 0.365. The fourth-order valence-electron chi connectivity index (χ4n) is 2.99. The lowest BCUT2D eigenvalue weighted by Crippen LogP contribution is -2.37. The molecule has 1 N–H and O–H groups in total. The van der Waals surface area contributed by atoms with E-state index >= 15 is 0 Å². The van der Waals surface area contributed by atoms with Crippen LogP contribution < -0.4 is 10.1 Å². The summed E-state index contributed by atoms with van der Waals surface area (Å²) in [6.07, 6.45) is 0.0361. The molecule has 1 atom stereocenters. The van der Waals surface area contributed by atoms with Gasteiger partial charge in [0.25, 0.3) is 5.91 Å². The predicted molar refractivity (Wildman–Crippen MR) is 107 cm³/mol. The second-order valence-electron chi connectivity index (χ2n) is 6.29. The third-order valence-corrected chi connectivity index (χ3v) is 4.98. The quantitative estimate of drug-likeness (QED) is 0.777. The number of nitrogens with one attached hydrogen (secondary N) is 1. The normalized spacial score (nSPS) is 16.6. The van der Waals surface area contributed by atoms with Crippen LogP contribution in [0.3, 0.4) is 0 Å². The van der Waals surface area contributed by atoms with Crippen LogP contribution in [0.15, 0.2) is 54.6 Å². The number of benzene rings is 2. The number of thiocarbonyl (C=S) groups is 1. The third-order valence-electron chi connectivity index (χ3n) is 4.47. The van der Waals surface area contributed by atoms with Crippen molar-refractivity contribution in [1.82, 2.24) is 9.80 Å². The van der Waals surface area contributed by atoms with E-state index in [2.05, 4.69) is 5.32 Å². The van der Waals surface area contributed by atoms with Gasteiger partial charge in [-0.15, -0.1) is 0 Å². The summed E-state index contributed by atoms with van der Waals surface area (Å²) in [5, 5.41) is 3.25. The molecule has 1 heterocycles. The Labute approximate surface area is 163 Å². The number of carbonyl (C=O) groups is 2. The maximum atomic E-state index is 12.6.